The lowest BCUT2D eigenvalue weighted by atomic mass is 9.86. The first-order chi connectivity index (χ1) is 8.12. The number of nitrogens with one attached hydrogen (secondary N) is 2. The van der Waals surface area contributed by atoms with Gasteiger partial charge in [-0.2, -0.15) is 0 Å². The van der Waals surface area contributed by atoms with Gasteiger partial charge in [0.05, 0.1) is 5.54 Å². The van der Waals surface area contributed by atoms with Crippen LogP contribution in [0.3, 0.4) is 0 Å². The summed E-state index contributed by atoms with van der Waals surface area (Å²) >= 11 is 0. The zero-order valence-corrected chi connectivity index (χ0v) is 9.52. The van der Waals surface area contributed by atoms with Crippen LogP contribution in [0.2, 0.25) is 0 Å². The summed E-state index contributed by atoms with van der Waals surface area (Å²) in [5.74, 6) is 0. The summed E-state index contributed by atoms with van der Waals surface area (Å²) in [6.07, 6.45) is -0.422. The van der Waals surface area contributed by atoms with E-state index < -0.39 is 11.6 Å². The Morgan fingerprint density at radius 1 is 1.53 bits per heavy atom. The fourth-order valence-electron chi connectivity index (χ4n) is 2.32. The van der Waals surface area contributed by atoms with E-state index in [2.05, 4.69) is 10.6 Å². The summed E-state index contributed by atoms with van der Waals surface area (Å²) in [6.45, 7) is 1.20. The molecule has 1 saturated heterocycles. The van der Waals surface area contributed by atoms with Gasteiger partial charge in [-0.3, -0.25) is 0 Å². The molecule has 2 atom stereocenters. The van der Waals surface area contributed by atoms with Crippen LogP contribution < -0.4 is 16.4 Å². The van der Waals surface area contributed by atoms with Crippen LogP contribution in [0.15, 0.2) is 30.3 Å². The van der Waals surface area contributed by atoms with Gasteiger partial charge in [-0.05, 0) is 12.0 Å². The molecule has 0 unspecified atom stereocenters. The molecule has 1 heterocycles. The quantitative estimate of drug-likeness (QED) is 0.601. The van der Waals surface area contributed by atoms with Gasteiger partial charge in [-0.1, -0.05) is 30.3 Å². The van der Waals surface area contributed by atoms with Crippen LogP contribution in [-0.2, 0) is 6.42 Å². The predicted octanol–water partition coefficient (Wildman–Crippen LogP) is 0.166. The van der Waals surface area contributed by atoms with Crippen molar-refractivity contribution < 1.29 is 9.90 Å². The Kier molecular flexibility index (Phi) is 3.31. The van der Waals surface area contributed by atoms with Gasteiger partial charge in [0.2, 0.25) is 0 Å². The fraction of sp³-hybridized carbons (Fsp3) is 0.417. The van der Waals surface area contributed by atoms with E-state index in [9.17, 15) is 4.79 Å². The highest BCUT2D eigenvalue weighted by molar-refractivity contribution is 5.66. The molecule has 1 aliphatic rings. The van der Waals surface area contributed by atoms with Gasteiger partial charge in [0.1, 0.15) is 0 Å². The molecule has 1 aromatic carbocycles. The molecule has 5 N–H and O–H groups in total. The van der Waals surface area contributed by atoms with Crippen LogP contribution in [0.1, 0.15) is 5.56 Å². The summed E-state index contributed by atoms with van der Waals surface area (Å²) in [4.78, 5) is 10.9. The summed E-state index contributed by atoms with van der Waals surface area (Å²) in [6, 6.07) is 9.58. The maximum Gasteiger partial charge on any atom is 0.405 e. The van der Waals surface area contributed by atoms with Gasteiger partial charge in [0.15, 0.2) is 0 Å². The van der Waals surface area contributed by atoms with E-state index in [-0.39, 0.29) is 6.04 Å². The molecular weight excluding hydrogens is 218 g/mol. The SMILES string of the molecule is N[C@H]1CNC[C@]1(Cc1ccccc1)NC(=O)O. The Morgan fingerprint density at radius 2 is 2.24 bits per heavy atom. The van der Waals surface area contributed by atoms with Gasteiger partial charge < -0.3 is 21.5 Å². The molecular formula is C12H17N3O2. The molecule has 1 fully saturated rings. The molecule has 1 amide bonds. The van der Waals surface area contributed by atoms with E-state index in [1.807, 2.05) is 30.3 Å². The van der Waals surface area contributed by atoms with E-state index in [0.29, 0.717) is 19.5 Å². The van der Waals surface area contributed by atoms with Gasteiger partial charge >= 0.3 is 6.09 Å². The van der Waals surface area contributed by atoms with Crippen molar-refractivity contribution in [2.75, 3.05) is 13.1 Å². The van der Waals surface area contributed by atoms with E-state index in [4.69, 9.17) is 10.8 Å². The van der Waals surface area contributed by atoms with Gasteiger partial charge in [-0.25, -0.2) is 4.79 Å². The minimum absolute atomic E-state index is 0.209. The van der Waals surface area contributed by atoms with E-state index in [1.165, 1.54) is 0 Å². The van der Waals surface area contributed by atoms with Crippen molar-refractivity contribution in [2.45, 2.75) is 18.0 Å². The number of nitrogens with two attached hydrogens (primary N) is 1. The zero-order chi connectivity index (χ0) is 12.3. The van der Waals surface area contributed by atoms with E-state index in [1.54, 1.807) is 0 Å². The normalized spacial score (nSPS) is 27.9. The lowest BCUT2D eigenvalue weighted by molar-refractivity contribution is 0.176. The molecule has 92 valence electrons. The first-order valence-corrected chi connectivity index (χ1v) is 5.64. The summed E-state index contributed by atoms with van der Waals surface area (Å²) in [7, 11) is 0. The van der Waals surface area contributed by atoms with E-state index >= 15 is 0 Å². The van der Waals surface area contributed by atoms with Crippen molar-refractivity contribution >= 4 is 6.09 Å². The second-order valence-corrected chi connectivity index (χ2v) is 4.49. The number of hydrogen-bond donors (Lipinski definition) is 4. The molecule has 0 radical (unpaired) electrons. The summed E-state index contributed by atoms with van der Waals surface area (Å²) in [5.41, 5.74) is 6.50. The topological polar surface area (TPSA) is 87.4 Å². The molecule has 5 heteroatoms. The van der Waals surface area contributed by atoms with Crippen molar-refractivity contribution in [3.63, 3.8) is 0 Å². The Morgan fingerprint density at radius 3 is 2.76 bits per heavy atom. The lowest BCUT2D eigenvalue weighted by Crippen LogP contribution is -2.60. The number of carboxylic acid groups (broad SMARTS) is 1. The smallest absolute Gasteiger partial charge is 0.405 e. The van der Waals surface area contributed by atoms with Crippen molar-refractivity contribution in [3.8, 4) is 0 Å². The van der Waals surface area contributed by atoms with Crippen molar-refractivity contribution in [1.82, 2.24) is 10.6 Å². The van der Waals surface area contributed by atoms with Crippen LogP contribution in [-0.4, -0.2) is 35.9 Å². The van der Waals surface area contributed by atoms with Gasteiger partial charge in [-0.15, -0.1) is 0 Å². The van der Waals surface area contributed by atoms with Gasteiger partial charge in [0.25, 0.3) is 0 Å². The molecule has 5 nitrogen and oxygen atoms in total. The van der Waals surface area contributed by atoms with Crippen molar-refractivity contribution in [2.24, 2.45) is 5.73 Å². The highest BCUT2D eigenvalue weighted by atomic mass is 16.4. The number of amides is 1. The number of hydrogen-bond acceptors (Lipinski definition) is 3. The van der Waals surface area contributed by atoms with Crippen LogP contribution in [0, 0.1) is 0 Å². The van der Waals surface area contributed by atoms with Crippen LogP contribution in [0.25, 0.3) is 0 Å². The Bertz CT molecular complexity index is 396. The monoisotopic (exact) mass is 235 g/mol. The molecule has 0 saturated carbocycles. The summed E-state index contributed by atoms with van der Waals surface area (Å²) in [5, 5.41) is 14.7. The molecule has 1 aliphatic heterocycles. The minimum Gasteiger partial charge on any atom is -0.465 e. The maximum atomic E-state index is 10.9. The van der Waals surface area contributed by atoms with Crippen LogP contribution in [0.5, 0.6) is 0 Å². The Hall–Kier alpha value is -1.59. The lowest BCUT2D eigenvalue weighted by Gasteiger charge is -2.32. The fourth-order valence-corrected chi connectivity index (χ4v) is 2.32. The van der Waals surface area contributed by atoms with Crippen molar-refractivity contribution in [1.29, 1.82) is 0 Å². The average Bonchev–Trinajstić information content (AvgIpc) is 2.61. The molecule has 0 aromatic heterocycles. The number of carbonyl (C=O) groups is 1. The Labute approximate surface area is 100 Å². The number of rotatable bonds is 3. The molecule has 17 heavy (non-hydrogen) atoms. The molecule has 0 spiro atoms. The number of benzene rings is 1. The third-order valence-electron chi connectivity index (χ3n) is 3.23. The third kappa shape index (κ3) is 2.57. The summed E-state index contributed by atoms with van der Waals surface area (Å²) < 4.78 is 0. The van der Waals surface area contributed by atoms with Gasteiger partial charge in [0, 0.05) is 19.1 Å². The highest BCUT2D eigenvalue weighted by Gasteiger charge is 2.42. The molecule has 0 aliphatic carbocycles. The first-order valence-electron chi connectivity index (χ1n) is 5.64. The maximum absolute atomic E-state index is 10.9. The Balaban J connectivity index is 2.19. The molecule has 2 rings (SSSR count). The molecule has 0 bridgehead atoms. The average molecular weight is 235 g/mol. The minimum atomic E-state index is -1.03. The standard InChI is InChI=1S/C12H17N3O2/c13-10-7-14-8-12(10,15-11(16)17)6-9-4-2-1-3-5-9/h1-5,10,14-15H,6-8,13H2,(H,16,17)/t10-,12-/m0/s1. The second-order valence-electron chi connectivity index (χ2n) is 4.49. The van der Waals surface area contributed by atoms with Crippen LogP contribution in [0.4, 0.5) is 4.79 Å². The highest BCUT2D eigenvalue weighted by Crippen LogP contribution is 2.20. The third-order valence-corrected chi connectivity index (χ3v) is 3.23. The van der Waals surface area contributed by atoms with E-state index in [0.717, 1.165) is 5.56 Å². The predicted molar refractivity (Wildman–Crippen MR) is 64.9 cm³/mol. The molecule has 1 aromatic rings. The van der Waals surface area contributed by atoms with Crippen molar-refractivity contribution in [3.05, 3.63) is 35.9 Å². The largest absolute Gasteiger partial charge is 0.465 e. The van der Waals surface area contributed by atoms with Crippen LogP contribution >= 0.6 is 0 Å². The zero-order valence-electron chi connectivity index (χ0n) is 9.52. The first kappa shape index (κ1) is 11.9. The second kappa shape index (κ2) is 4.73.